The fraction of sp³-hybridized carbons (Fsp3) is 0.778. The first-order chi connectivity index (χ1) is 6.24. The fourth-order valence-electron chi connectivity index (χ4n) is 1.22. The predicted molar refractivity (Wildman–Crippen MR) is 49.5 cm³/mol. The van der Waals surface area contributed by atoms with Gasteiger partial charge in [-0.15, -0.1) is 0 Å². The molecule has 1 fully saturated rings. The molecule has 1 aliphatic carbocycles. The number of hydrogen-bond donors (Lipinski definition) is 1. The van der Waals surface area contributed by atoms with Crippen LogP contribution in [0.15, 0.2) is 4.52 Å². The quantitative estimate of drug-likeness (QED) is 0.770. The van der Waals surface area contributed by atoms with Gasteiger partial charge in [0.25, 0.3) is 0 Å². The van der Waals surface area contributed by atoms with Gasteiger partial charge in [0.15, 0.2) is 5.82 Å². The first-order valence-corrected chi connectivity index (χ1v) is 4.83. The van der Waals surface area contributed by atoms with Crippen molar-refractivity contribution in [3.05, 3.63) is 5.82 Å². The Balaban J connectivity index is 1.91. The Labute approximate surface area is 77.7 Å². The molecule has 1 aromatic rings. The van der Waals surface area contributed by atoms with E-state index in [1.165, 1.54) is 12.8 Å². The molecule has 0 saturated heterocycles. The van der Waals surface area contributed by atoms with E-state index in [-0.39, 0.29) is 0 Å². The van der Waals surface area contributed by atoms with E-state index in [1.54, 1.807) is 0 Å². The molecule has 0 aliphatic heterocycles. The number of hydrogen-bond acceptors (Lipinski definition) is 4. The molecule has 4 nitrogen and oxygen atoms in total. The van der Waals surface area contributed by atoms with Crippen LogP contribution in [0.4, 0.5) is 6.01 Å². The molecular weight excluding hydrogens is 166 g/mol. The van der Waals surface area contributed by atoms with Crippen molar-refractivity contribution in [3.63, 3.8) is 0 Å². The van der Waals surface area contributed by atoms with E-state index in [1.807, 2.05) is 13.8 Å². The molecule has 13 heavy (non-hydrogen) atoms. The second-order valence-electron chi connectivity index (χ2n) is 3.96. The number of rotatable bonds is 4. The second kappa shape index (κ2) is 3.36. The lowest BCUT2D eigenvalue weighted by Gasteiger charge is -2.01. The van der Waals surface area contributed by atoms with Gasteiger partial charge in [-0.2, -0.15) is 4.98 Å². The smallest absolute Gasteiger partial charge is 0.321 e. The summed E-state index contributed by atoms with van der Waals surface area (Å²) < 4.78 is 5.03. The Morgan fingerprint density at radius 2 is 2.31 bits per heavy atom. The van der Waals surface area contributed by atoms with Crippen LogP contribution in [0.3, 0.4) is 0 Å². The summed E-state index contributed by atoms with van der Waals surface area (Å²) in [5.74, 6) is 1.65. The third-order valence-electron chi connectivity index (χ3n) is 2.05. The molecule has 0 spiro atoms. The standard InChI is InChI=1S/C9H15N3O/c1-6(2)10-9-11-8(12-13-9)5-7-3-4-7/h6-7H,3-5H2,1-2H3,(H,10,11,12). The van der Waals surface area contributed by atoms with Gasteiger partial charge >= 0.3 is 6.01 Å². The van der Waals surface area contributed by atoms with Crippen LogP contribution in [-0.2, 0) is 6.42 Å². The Hall–Kier alpha value is -1.06. The number of nitrogens with zero attached hydrogens (tertiary/aromatic N) is 2. The van der Waals surface area contributed by atoms with Crippen molar-refractivity contribution in [2.24, 2.45) is 5.92 Å². The number of aromatic nitrogens is 2. The average Bonchev–Trinajstić information content (AvgIpc) is 2.73. The molecule has 0 bridgehead atoms. The van der Waals surface area contributed by atoms with Crippen LogP contribution < -0.4 is 5.32 Å². The van der Waals surface area contributed by atoms with Crippen molar-refractivity contribution >= 4 is 6.01 Å². The van der Waals surface area contributed by atoms with Gasteiger partial charge in [0.1, 0.15) is 0 Å². The van der Waals surface area contributed by atoms with Gasteiger partial charge in [-0.3, -0.25) is 0 Å². The van der Waals surface area contributed by atoms with E-state index in [9.17, 15) is 0 Å². The zero-order valence-corrected chi connectivity index (χ0v) is 8.08. The summed E-state index contributed by atoms with van der Waals surface area (Å²) in [6, 6.07) is 0.889. The van der Waals surface area contributed by atoms with Crippen LogP contribution in [0.5, 0.6) is 0 Å². The Morgan fingerprint density at radius 1 is 1.54 bits per heavy atom. The van der Waals surface area contributed by atoms with Gasteiger partial charge in [-0.05, 0) is 32.6 Å². The molecule has 0 unspecified atom stereocenters. The molecule has 1 N–H and O–H groups in total. The summed E-state index contributed by atoms with van der Waals surface area (Å²) in [4.78, 5) is 4.24. The summed E-state index contributed by atoms with van der Waals surface area (Å²) >= 11 is 0. The van der Waals surface area contributed by atoms with Gasteiger partial charge in [-0.25, -0.2) is 0 Å². The van der Waals surface area contributed by atoms with Crippen LogP contribution in [-0.4, -0.2) is 16.2 Å². The molecule has 0 aromatic carbocycles. The van der Waals surface area contributed by atoms with Crippen molar-refractivity contribution in [2.45, 2.75) is 39.2 Å². The van der Waals surface area contributed by atoms with E-state index in [4.69, 9.17) is 4.52 Å². The normalized spacial score (nSPS) is 16.5. The lowest BCUT2D eigenvalue weighted by molar-refractivity contribution is 0.418. The molecule has 1 aliphatic rings. The highest BCUT2D eigenvalue weighted by atomic mass is 16.5. The molecule has 0 radical (unpaired) electrons. The highest BCUT2D eigenvalue weighted by molar-refractivity contribution is 5.19. The third-order valence-corrected chi connectivity index (χ3v) is 2.05. The molecule has 0 atom stereocenters. The molecule has 1 heterocycles. The minimum absolute atomic E-state index is 0.342. The van der Waals surface area contributed by atoms with Crippen LogP contribution in [0, 0.1) is 5.92 Å². The van der Waals surface area contributed by atoms with E-state index in [2.05, 4.69) is 15.5 Å². The predicted octanol–water partition coefficient (Wildman–Crippen LogP) is 1.84. The fourth-order valence-corrected chi connectivity index (χ4v) is 1.22. The molecule has 1 aromatic heterocycles. The van der Waals surface area contributed by atoms with E-state index >= 15 is 0 Å². The van der Waals surface area contributed by atoms with E-state index < -0.39 is 0 Å². The average molecular weight is 181 g/mol. The zero-order chi connectivity index (χ0) is 9.26. The first kappa shape index (κ1) is 8.53. The van der Waals surface area contributed by atoms with E-state index in [0.29, 0.717) is 12.1 Å². The largest absolute Gasteiger partial charge is 0.336 e. The van der Waals surface area contributed by atoms with Crippen LogP contribution in [0.25, 0.3) is 0 Å². The van der Waals surface area contributed by atoms with Gasteiger partial charge < -0.3 is 9.84 Å². The summed E-state index contributed by atoms with van der Waals surface area (Å²) in [6.45, 7) is 4.09. The van der Waals surface area contributed by atoms with E-state index in [0.717, 1.165) is 18.2 Å². The second-order valence-corrected chi connectivity index (χ2v) is 3.96. The Bertz CT molecular complexity index is 260. The number of nitrogens with one attached hydrogen (secondary N) is 1. The van der Waals surface area contributed by atoms with Crippen molar-refractivity contribution < 1.29 is 4.52 Å². The van der Waals surface area contributed by atoms with Crippen molar-refractivity contribution in [1.29, 1.82) is 0 Å². The molecule has 72 valence electrons. The minimum atomic E-state index is 0.342. The van der Waals surface area contributed by atoms with Crippen LogP contribution >= 0.6 is 0 Å². The number of anilines is 1. The van der Waals surface area contributed by atoms with Gasteiger partial charge in [0, 0.05) is 12.5 Å². The topological polar surface area (TPSA) is 51.0 Å². The lowest BCUT2D eigenvalue weighted by atomic mass is 10.3. The van der Waals surface area contributed by atoms with Crippen molar-refractivity contribution in [1.82, 2.24) is 10.1 Å². The maximum absolute atomic E-state index is 5.03. The maximum Gasteiger partial charge on any atom is 0.321 e. The molecule has 4 heteroatoms. The van der Waals surface area contributed by atoms with Gasteiger partial charge in [0.2, 0.25) is 0 Å². The Morgan fingerprint density at radius 3 is 2.92 bits per heavy atom. The monoisotopic (exact) mass is 181 g/mol. The van der Waals surface area contributed by atoms with Gasteiger partial charge in [0.05, 0.1) is 0 Å². The molecule has 2 rings (SSSR count). The summed E-state index contributed by atoms with van der Waals surface area (Å²) in [5, 5.41) is 6.98. The SMILES string of the molecule is CC(C)Nc1nc(CC2CC2)no1. The van der Waals surface area contributed by atoms with Gasteiger partial charge in [-0.1, -0.05) is 5.16 Å². The highest BCUT2D eigenvalue weighted by Gasteiger charge is 2.24. The third kappa shape index (κ3) is 2.44. The van der Waals surface area contributed by atoms with Crippen molar-refractivity contribution in [3.8, 4) is 0 Å². The lowest BCUT2D eigenvalue weighted by Crippen LogP contribution is -2.09. The molecular formula is C9H15N3O. The maximum atomic E-state index is 5.03. The highest BCUT2D eigenvalue weighted by Crippen LogP contribution is 2.31. The summed E-state index contributed by atoms with van der Waals surface area (Å²) in [7, 11) is 0. The van der Waals surface area contributed by atoms with Crippen LogP contribution in [0.1, 0.15) is 32.5 Å². The zero-order valence-electron chi connectivity index (χ0n) is 8.08. The summed E-state index contributed by atoms with van der Waals surface area (Å²) in [5.41, 5.74) is 0. The molecule has 0 amide bonds. The van der Waals surface area contributed by atoms with Crippen molar-refractivity contribution in [2.75, 3.05) is 5.32 Å². The Kier molecular flexibility index (Phi) is 2.20. The van der Waals surface area contributed by atoms with Crippen LogP contribution in [0.2, 0.25) is 0 Å². The summed E-state index contributed by atoms with van der Waals surface area (Å²) in [6.07, 6.45) is 3.62. The molecule has 1 saturated carbocycles. The first-order valence-electron chi connectivity index (χ1n) is 4.83. The minimum Gasteiger partial charge on any atom is -0.336 e.